The van der Waals surface area contributed by atoms with E-state index in [2.05, 4.69) is 0 Å². The lowest BCUT2D eigenvalue weighted by Gasteiger charge is -2.29. The maximum Gasteiger partial charge on any atom is 0.265 e. The van der Waals surface area contributed by atoms with Crippen LogP contribution in [-0.4, -0.2) is 24.9 Å². The summed E-state index contributed by atoms with van der Waals surface area (Å²) < 4.78 is 5.30. The number of benzene rings is 1. The molecule has 1 aliphatic heterocycles. The molecule has 3 N–H and O–H groups in total. The molecule has 0 aromatic heterocycles. The first-order chi connectivity index (χ1) is 7.68. The van der Waals surface area contributed by atoms with Crippen molar-refractivity contribution in [1.82, 2.24) is 0 Å². The minimum Gasteiger partial charge on any atom is -0.482 e. The Morgan fingerprint density at radius 2 is 2.25 bits per heavy atom. The van der Waals surface area contributed by atoms with Crippen LogP contribution in [0.2, 0.25) is 0 Å². The van der Waals surface area contributed by atoms with Gasteiger partial charge in [0, 0.05) is 13.0 Å². The van der Waals surface area contributed by atoms with Crippen LogP contribution in [0.3, 0.4) is 0 Å². The number of carbonyl (C=O) groups excluding carboxylic acids is 1. The Morgan fingerprint density at radius 3 is 3.00 bits per heavy atom. The number of nitrogens with one attached hydrogen (secondary N) is 1. The normalized spacial score (nSPS) is 14.2. The van der Waals surface area contributed by atoms with E-state index in [1.807, 2.05) is 24.3 Å². The lowest BCUT2D eigenvalue weighted by Crippen LogP contribution is -2.40. The van der Waals surface area contributed by atoms with Crippen LogP contribution in [0.5, 0.6) is 5.75 Å². The van der Waals surface area contributed by atoms with Gasteiger partial charge >= 0.3 is 0 Å². The molecule has 0 saturated heterocycles. The quantitative estimate of drug-likeness (QED) is 0.581. The highest BCUT2D eigenvalue weighted by molar-refractivity contribution is 5.98. The summed E-state index contributed by atoms with van der Waals surface area (Å²) in [6, 6.07) is 7.36. The van der Waals surface area contributed by atoms with Crippen LogP contribution in [0.1, 0.15) is 6.42 Å². The summed E-state index contributed by atoms with van der Waals surface area (Å²) in [6.07, 6.45) is 0.375. The molecule has 0 saturated carbocycles. The minimum atomic E-state index is -0.0973. The molecule has 1 aromatic rings. The largest absolute Gasteiger partial charge is 0.482 e. The monoisotopic (exact) mass is 219 g/mol. The maximum absolute atomic E-state index is 11.7. The third-order valence-electron chi connectivity index (χ3n) is 2.41. The molecule has 0 unspecified atom stereocenters. The van der Waals surface area contributed by atoms with Gasteiger partial charge in [0.1, 0.15) is 5.75 Å². The molecule has 1 aliphatic rings. The first-order valence-electron chi connectivity index (χ1n) is 5.03. The van der Waals surface area contributed by atoms with E-state index in [4.69, 9.17) is 15.9 Å². The number of hydrogen-bond donors (Lipinski definition) is 2. The van der Waals surface area contributed by atoms with Crippen molar-refractivity contribution in [2.24, 2.45) is 5.73 Å². The SMILES string of the molecule is N=C(N)CCN1C(=O)COc2ccccc21. The fourth-order valence-corrected chi connectivity index (χ4v) is 1.63. The average Bonchev–Trinajstić information content (AvgIpc) is 2.27. The summed E-state index contributed by atoms with van der Waals surface area (Å²) in [5.74, 6) is 0.683. The molecular formula is C11H13N3O2. The van der Waals surface area contributed by atoms with Gasteiger partial charge in [0.25, 0.3) is 5.91 Å². The lowest BCUT2D eigenvalue weighted by atomic mass is 10.2. The second kappa shape index (κ2) is 4.22. The molecule has 5 heteroatoms. The number of hydrogen-bond acceptors (Lipinski definition) is 3. The van der Waals surface area contributed by atoms with Crippen LogP contribution in [-0.2, 0) is 4.79 Å². The zero-order valence-electron chi connectivity index (χ0n) is 8.77. The molecule has 5 nitrogen and oxygen atoms in total. The molecule has 0 fully saturated rings. The van der Waals surface area contributed by atoms with Crippen LogP contribution in [0, 0.1) is 5.41 Å². The van der Waals surface area contributed by atoms with E-state index in [0.29, 0.717) is 18.7 Å². The molecule has 0 atom stereocenters. The number of ether oxygens (including phenoxy) is 1. The Bertz CT molecular complexity index is 431. The molecule has 0 bridgehead atoms. The number of para-hydroxylation sites is 2. The highest BCUT2D eigenvalue weighted by atomic mass is 16.5. The predicted octanol–water partition coefficient (Wildman–Crippen LogP) is 0.738. The van der Waals surface area contributed by atoms with Gasteiger partial charge in [-0.05, 0) is 12.1 Å². The van der Waals surface area contributed by atoms with Gasteiger partial charge in [-0.25, -0.2) is 0 Å². The Kier molecular flexibility index (Phi) is 2.76. The third kappa shape index (κ3) is 1.98. The number of nitrogens with zero attached hydrogens (tertiary/aromatic N) is 1. The summed E-state index contributed by atoms with van der Waals surface area (Å²) in [4.78, 5) is 13.3. The van der Waals surface area contributed by atoms with Crippen molar-refractivity contribution in [3.63, 3.8) is 0 Å². The van der Waals surface area contributed by atoms with Crippen molar-refractivity contribution in [1.29, 1.82) is 5.41 Å². The highest BCUT2D eigenvalue weighted by Gasteiger charge is 2.24. The van der Waals surface area contributed by atoms with Crippen LogP contribution in [0.15, 0.2) is 24.3 Å². The summed E-state index contributed by atoms with van der Waals surface area (Å²) in [5, 5.41) is 7.17. The Hall–Kier alpha value is -2.04. The fourth-order valence-electron chi connectivity index (χ4n) is 1.63. The molecule has 2 rings (SSSR count). The number of carbonyl (C=O) groups is 1. The van der Waals surface area contributed by atoms with Gasteiger partial charge in [-0.2, -0.15) is 0 Å². The van der Waals surface area contributed by atoms with Crippen molar-refractivity contribution in [3.05, 3.63) is 24.3 Å². The number of amidine groups is 1. The van der Waals surface area contributed by atoms with E-state index in [0.717, 1.165) is 5.69 Å². The predicted molar refractivity (Wildman–Crippen MR) is 60.8 cm³/mol. The van der Waals surface area contributed by atoms with Crippen molar-refractivity contribution >= 4 is 17.4 Å². The Labute approximate surface area is 93.3 Å². The minimum absolute atomic E-state index is 0.0505. The number of fused-ring (bicyclic) bond motifs is 1. The molecular weight excluding hydrogens is 206 g/mol. The first kappa shape index (κ1) is 10.5. The summed E-state index contributed by atoms with van der Waals surface area (Å²) in [7, 11) is 0. The van der Waals surface area contributed by atoms with Crippen molar-refractivity contribution in [2.45, 2.75) is 6.42 Å². The van der Waals surface area contributed by atoms with Crippen molar-refractivity contribution in [3.8, 4) is 5.75 Å². The van der Waals surface area contributed by atoms with Gasteiger partial charge in [-0.3, -0.25) is 10.2 Å². The van der Waals surface area contributed by atoms with Crippen LogP contribution in [0.25, 0.3) is 0 Å². The van der Waals surface area contributed by atoms with E-state index in [1.54, 1.807) is 4.90 Å². The number of nitrogens with two attached hydrogens (primary N) is 1. The van der Waals surface area contributed by atoms with Crippen LogP contribution < -0.4 is 15.4 Å². The third-order valence-corrected chi connectivity index (χ3v) is 2.41. The van der Waals surface area contributed by atoms with E-state index in [1.165, 1.54) is 0 Å². The standard InChI is InChI=1S/C11H13N3O2/c12-10(13)5-6-14-8-3-1-2-4-9(8)16-7-11(14)15/h1-4H,5-7H2,(H3,12,13). The highest BCUT2D eigenvalue weighted by Crippen LogP contribution is 2.31. The number of rotatable bonds is 3. The maximum atomic E-state index is 11.7. The molecule has 1 aromatic carbocycles. The molecule has 0 aliphatic carbocycles. The lowest BCUT2D eigenvalue weighted by molar-refractivity contribution is -0.121. The second-order valence-electron chi connectivity index (χ2n) is 3.58. The van der Waals surface area contributed by atoms with Gasteiger partial charge in [-0.1, -0.05) is 12.1 Å². The molecule has 0 radical (unpaired) electrons. The summed E-state index contributed by atoms with van der Waals surface area (Å²) in [6.45, 7) is 0.476. The Balaban J connectivity index is 2.23. The van der Waals surface area contributed by atoms with Crippen LogP contribution in [0.4, 0.5) is 5.69 Å². The molecule has 1 heterocycles. The van der Waals surface area contributed by atoms with Crippen molar-refractivity contribution < 1.29 is 9.53 Å². The van der Waals surface area contributed by atoms with E-state index in [-0.39, 0.29) is 18.3 Å². The van der Waals surface area contributed by atoms with E-state index >= 15 is 0 Å². The number of anilines is 1. The smallest absolute Gasteiger partial charge is 0.265 e. The number of amides is 1. The van der Waals surface area contributed by atoms with Gasteiger partial charge < -0.3 is 15.4 Å². The Morgan fingerprint density at radius 1 is 1.50 bits per heavy atom. The topological polar surface area (TPSA) is 79.4 Å². The fraction of sp³-hybridized carbons (Fsp3) is 0.273. The van der Waals surface area contributed by atoms with E-state index < -0.39 is 0 Å². The van der Waals surface area contributed by atoms with Gasteiger partial charge in [-0.15, -0.1) is 0 Å². The zero-order chi connectivity index (χ0) is 11.5. The summed E-state index contributed by atoms with van der Waals surface area (Å²) in [5.41, 5.74) is 6.04. The molecule has 1 amide bonds. The molecule has 84 valence electrons. The zero-order valence-corrected chi connectivity index (χ0v) is 8.77. The second-order valence-corrected chi connectivity index (χ2v) is 3.58. The van der Waals surface area contributed by atoms with Gasteiger partial charge in [0.2, 0.25) is 0 Å². The van der Waals surface area contributed by atoms with Crippen molar-refractivity contribution in [2.75, 3.05) is 18.1 Å². The molecule has 16 heavy (non-hydrogen) atoms. The first-order valence-corrected chi connectivity index (χ1v) is 5.03. The molecule has 0 spiro atoms. The van der Waals surface area contributed by atoms with E-state index in [9.17, 15) is 4.79 Å². The van der Waals surface area contributed by atoms with Gasteiger partial charge in [0.15, 0.2) is 6.61 Å². The van der Waals surface area contributed by atoms with Gasteiger partial charge in [0.05, 0.1) is 11.5 Å². The summed E-state index contributed by atoms with van der Waals surface area (Å²) >= 11 is 0. The average molecular weight is 219 g/mol. The van der Waals surface area contributed by atoms with Crippen LogP contribution >= 0.6 is 0 Å².